The molecule has 1 amide bonds. The summed E-state index contributed by atoms with van der Waals surface area (Å²) >= 11 is 3.31. The third-order valence-electron chi connectivity index (χ3n) is 2.68. The summed E-state index contributed by atoms with van der Waals surface area (Å²) in [6.45, 7) is 2.31. The number of carboxylic acid groups (broad SMARTS) is 1. The Kier molecular flexibility index (Phi) is 7.08. The first-order valence-electron chi connectivity index (χ1n) is 6.34. The number of nitrogens with one attached hydrogen (secondary N) is 1. The van der Waals surface area contributed by atoms with Crippen LogP contribution in [-0.2, 0) is 9.59 Å². The number of ether oxygens (including phenoxy) is 1. The van der Waals surface area contributed by atoms with Crippen LogP contribution in [0.1, 0.15) is 19.8 Å². The van der Waals surface area contributed by atoms with Crippen LogP contribution in [-0.4, -0.2) is 30.1 Å². The fraction of sp³-hybridized carbons (Fsp3) is 0.429. The van der Waals surface area contributed by atoms with E-state index in [1.54, 1.807) is 12.1 Å². The average Bonchev–Trinajstić information content (AvgIpc) is 2.42. The first kappa shape index (κ1) is 16.5. The highest BCUT2D eigenvalue weighted by Crippen LogP contribution is 2.15. The van der Waals surface area contributed by atoms with E-state index in [0.717, 1.165) is 4.47 Å². The number of carboxylic acids is 1. The number of hydrogen-bond donors (Lipinski definition) is 2. The second-order valence-corrected chi connectivity index (χ2v) is 5.50. The maximum atomic E-state index is 11.6. The molecule has 0 aliphatic heterocycles. The summed E-state index contributed by atoms with van der Waals surface area (Å²) in [5.74, 6) is -0.276. The molecule has 1 aromatic rings. The largest absolute Gasteiger partial charge is 0.484 e. The van der Waals surface area contributed by atoms with Gasteiger partial charge in [-0.05, 0) is 36.6 Å². The van der Waals surface area contributed by atoms with Crippen molar-refractivity contribution in [3.8, 4) is 5.75 Å². The Bertz CT molecular complexity index is 447. The van der Waals surface area contributed by atoms with Crippen LogP contribution in [0.4, 0.5) is 0 Å². The molecular weight excluding hydrogens is 326 g/mol. The lowest BCUT2D eigenvalue weighted by molar-refractivity contribution is -0.137. The molecule has 0 aromatic heterocycles. The van der Waals surface area contributed by atoms with Crippen LogP contribution in [0.3, 0.4) is 0 Å². The van der Waals surface area contributed by atoms with E-state index in [1.165, 1.54) is 0 Å². The SMILES string of the molecule is CC(CCC(=O)O)CNC(=O)COc1ccc(Br)cc1. The first-order valence-corrected chi connectivity index (χ1v) is 7.13. The van der Waals surface area contributed by atoms with Gasteiger partial charge in [0.25, 0.3) is 5.91 Å². The lowest BCUT2D eigenvalue weighted by Crippen LogP contribution is -2.32. The summed E-state index contributed by atoms with van der Waals surface area (Å²) in [5, 5.41) is 11.3. The summed E-state index contributed by atoms with van der Waals surface area (Å²) < 4.78 is 6.27. The Hall–Kier alpha value is -1.56. The first-order chi connectivity index (χ1) is 9.47. The Labute approximate surface area is 126 Å². The van der Waals surface area contributed by atoms with Gasteiger partial charge >= 0.3 is 5.97 Å². The van der Waals surface area contributed by atoms with E-state index in [1.807, 2.05) is 19.1 Å². The standard InChI is InChI=1S/C14H18BrNO4/c1-10(2-7-14(18)19)8-16-13(17)9-20-12-5-3-11(15)4-6-12/h3-6,10H,2,7-9H2,1H3,(H,16,17)(H,18,19). The lowest BCUT2D eigenvalue weighted by Gasteiger charge is -2.12. The number of hydrogen-bond acceptors (Lipinski definition) is 3. The minimum absolute atomic E-state index is 0.0483. The highest BCUT2D eigenvalue weighted by Gasteiger charge is 2.08. The van der Waals surface area contributed by atoms with Gasteiger partial charge in [-0.25, -0.2) is 0 Å². The number of benzene rings is 1. The number of aliphatic carboxylic acids is 1. The van der Waals surface area contributed by atoms with Crippen LogP contribution >= 0.6 is 15.9 Å². The van der Waals surface area contributed by atoms with Crippen LogP contribution < -0.4 is 10.1 Å². The van der Waals surface area contributed by atoms with Crippen LogP contribution in [0.2, 0.25) is 0 Å². The van der Waals surface area contributed by atoms with Crippen molar-refractivity contribution in [2.75, 3.05) is 13.2 Å². The van der Waals surface area contributed by atoms with Crippen molar-refractivity contribution in [1.82, 2.24) is 5.32 Å². The fourth-order valence-electron chi connectivity index (χ4n) is 1.49. The van der Waals surface area contributed by atoms with Crippen LogP contribution in [0.15, 0.2) is 28.7 Å². The van der Waals surface area contributed by atoms with E-state index < -0.39 is 5.97 Å². The molecule has 0 radical (unpaired) electrons. The molecular formula is C14H18BrNO4. The third-order valence-corrected chi connectivity index (χ3v) is 3.21. The predicted octanol–water partition coefficient (Wildman–Crippen LogP) is 2.45. The normalized spacial score (nSPS) is 11.7. The quantitative estimate of drug-likeness (QED) is 0.760. The van der Waals surface area contributed by atoms with E-state index in [-0.39, 0.29) is 24.9 Å². The summed E-state index contributed by atoms with van der Waals surface area (Å²) in [6, 6.07) is 7.21. The van der Waals surface area contributed by atoms with Gasteiger partial charge < -0.3 is 15.2 Å². The molecule has 0 saturated heterocycles. The second kappa shape index (κ2) is 8.58. The van der Waals surface area contributed by atoms with Gasteiger partial charge in [-0.2, -0.15) is 0 Å². The van der Waals surface area contributed by atoms with Crippen molar-refractivity contribution < 1.29 is 19.4 Å². The molecule has 0 bridgehead atoms. The van der Waals surface area contributed by atoms with Gasteiger partial charge in [0.1, 0.15) is 5.75 Å². The molecule has 1 unspecified atom stereocenters. The zero-order chi connectivity index (χ0) is 15.0. The van der Waals surface area contributed by atoms with Crippen molar-refractivity contribution in [3.05, 3.63) is 28.7 Å². The molecule has 5 nitrogen and oxygen atoms in total. The molecule has 1 aromatic carbocycles. The number of carbonyl (C=O) groups excluding carboxylic acids is 1. The van der Waals surface area contributed by atoms with E-state index >= 15 is 0 Å². The molecule has 0 aliphatic carbocycles. The van der Waals surface area contributed by atoms with Crippen molar-refractivity contribution in [3.63, 3.8) is 0 Å². The summed E-state index contributed by atoms with van der Waals surface area (Å²) in [5.41, 5.74) is 0. The average molecular weight is 344 g/mol. The van der Waals surface area contributed by atoms with Gasteiger partial charge in [-0.3, -0.25) is 9.59 Å². The van der Waals surface area contributed by atoms with Crippen molar-refractivity contribution in [2.24, 2.45) is 5.92 Å². The van der Waals surface area contributed by atoms with Gasteiger partial charge in [0.15, 0.2) is 6.61 Å². The minimum Gasteiger partial charge on any atom is -0.484 e. The number of halogens is 1. The molecule has 0 aliphatic rings. The lowest BCUT2D eigenvalue weighted by atomic mass is 10.1. The molecule has 0 heterocycles. The summed E-state index contributed by atoms with van der Waals surface area (Å²) in [7, 11) is 0. The van der Waals surface area contributed by atoms with E-state index in [4.69, 9.17) is 9.84 Å². The fourth-order valence-corrected chi connectivity index (χ4v) is 1.76. The molecule has 0 saturated carbocycles. The Morgan fingerprint density at radius 3 is 2.60 bits per heavy atom. The Balaban J connectivity index is 2.20. The van der Waals surface area contributed by atoms with Gasteiger partial charge in [-0.15, -0.1) is 0 Å². The molecule has 2 N–H and O–H groups in total. The maximum Gasteiger partial charge on any atom is 0.303 e. The van der Waals surface area contributed by atoms with Crippen molar-refractivity contribution in [1.29, 1.82) is 0 Å². The number of carbonyl (C=O) groups is 2. The van der Waals surface area contributed by atoms with E-state index in [9.17, 15) is 9.59 Å². The molecule has 1 rings (SSSR count). The minimum atomic E-state index is -0.818. The van der Waals surface area contributed by atoms with Gasteiger partial charge in [0.05, 0.1) is 0 Å². The van der Waals surface area contributed by atoms with Crippen LogP contribution in [0.25, 0.3) is 0 Å². The molecule has 1 atom stereocenters. The van der Waals surface area contributed by atoms with Crippen molar-refractivity contribution in [2.45, 2.75) is 19.8 Å². The highest BCUT2D eigenvalue weighted by atomic mass is 79.9. The Morgan fingerprint density at radius 1 is 1.35 bits per heavy atom. The van der Waals surface area contributed by atoms with Gasteiger partial charge in [0.2, 0.25) is 0 Å². The maximum absolute atomic E-state index is 11.6. The Morgan fingerprint density at radius 2 is 2.00 bits per heavy atom. The van der Waals surface area contributed by atoms with Gasteiger partial charge in [-0.1, -0.05) is 22.9 Å². The second-order valence-electron chi connectivity index (χ2n) is 4.58. The topological polar surface area (TPSA) is 75.6 Å². The highest BCUT2D eigenvalue weighted by molar-refractivity contribution is 9.10. The van der Waals surface area contributed by atoms with Gasteiger partial charge in [0, 0.05) is 17.4 Å². The third kappa shape index (κ3) is 7.13. The molecule has 0 fully saturated rings. The molecule has 110 valence electrons. The summed E-state index contributed by atoms with van der Waals surface area (Å²) in [6.07, 6.45) is 0.662. The van der Waals surface area contributed by atoms with Crippen LogP contribution in [0.5, 0.6) is 5.75 Å². The van der Waals surface area contributed by atoms with Crippen LogP contribution in [0, 0.1) is 5.92 Å². The summed E-state index contributed by atoms with van der Waals surface area (Å²) in [4.78, 5) is 22.0. The predicted molar refractivity (Wildman–Crippen MR) is 78.7 cm³/mol. The molecule has 20 heavy (non-hydrogen) atoms. The van der Waals surface area contributed by atoms with Crippen molar-refractivity contribution >= 4 is 27.8 Å². The monoisotopic (exact) mass is 343 g/mol. The smallest absolute Gasteiger partial charge is 0.303 e. The zero-order valence-corrected chi connectivity index (χ0v) is 12.9. The number of amides is 1. The zero-order valence-electron chi connectivity index (χ0n) is 11.3. The molecule has 0 spiro atoms. The molecule has 6 heteroatoms. The van der Waals surface area contributed by atoms with E-state index in [2.05, 4.69) is 21.2 Å². The van der Waals surface area contributed by atoms with E-state index in [0.29, 0.717) is 18.7 Å². The number of rotatable bonds is 8.